The van der Waals surface area contributed by atoms with Crippen molar-refractivity contribution >= 4 is 11.6 Å². The summed E-state index contributed by atoms with van der Waals surface area (Å²) in [5, 5.41) is 0.567. The summed E-state index contributed by atoms with van der Waals surface area (Å²) < 4.78 is 19.3. The van der Waals surface area contributed by atoms with Gasteiger partial charge in [-0.15, -0.1) is 0 Å². The van der Waals surface area contributed by atoms with E-state index in [-0.39, 0.29) is 5.75 Å². The van der Waals surface area contributed by atoms with Gasteiger partial charge in [0, 0.05) is 10.6 Å². The molecule has 4 heteroatoms. The van der Waals surface area contributed by atoms with Crippen molar-refractivity contribution in [3.63, 3.8) is 0 Å². The smallest absolute Gasteiger partial charge is 0.170 e. The molecule has 19 heavy (non-hydrogen) atoms. The minimum Gasteiger partial charge on any atom is -0.494 e. The summed E-state index contributed by atoms with van der Waals surface area (Å²) in [6, 6.07) is 12.0. The number of hydrogen-bond donors (Lipinski definition) is 1. The van der Waals surface area contributed by atoms with Crippen LogP contribution < -0.4 is 10.5 Å². The van der Waals surface area contributed by atoms with Gasteiger partial charge in [-0.2, -0.15) is 0 Å². The van der Waals surface area contributed by atoms with E-state index >= 15 is 0 Å². The SMILES string of the molecule is COc1cccc(C(C)(N)c2cccc(Cl)c2)c1F. The van der Waals surface area contributed by atoms with Gasteiger partial charge in [0.2, 0.25) is 0 Å². The normalized spacial score (nSPS) is 13.9. The van der Waals surface area contributed by atoms with Crippen LogP contribution in [0.3, 0.4) is 0 Å². The number of benzene rings is 2. The Balaban J connectivity index is 2.56. The Kier molecular flexibility index (Phi) is 3.78. The van der Waals surface area contributed by atoms with Crippen molar-refractivity contribution < 1.29 is 9.13 Å². The molecule has 0 saturated carbocycles. The predicted octanol–water partition coefficient (Wildman–Crippen LogP) is 3.71. The molecule has 0 saturated heterocycles. The quantitative estimate of drug-likeness (QED) is 0.929. The van der Waals surface area contributed by atoms with Gasteiger partial charge in [-0.25, -0.2) is 4.39 Å². The van der Waals surface area contributed by atoms with Crippen molar-refractivity contribution in [2.75, 3.05) is 7.11 Å². The van der Waals surface area contributed by atoms with E-state index in [9.17, 15) is 4.39 Å². The van der Waals surface area contributed by atoms with Crippen LogP contribution >= 0.6 is 11.6 Å². The molecular weight excluding hydrogens is 265 g/mol. The molecule has 0 aliphatic rings. The van der Waals surface area contributed by atoms with E-state index in [1.165, 1.54) is 7.11 Å². The summed E-state index contributed by atoms with van der Waals surface area (Å²) in [5.41, 5.74) is 6.43. The second-order valence-corrected chi connectivity index (χ2v) is 4.97. The number of rotatable bonds is 3. The average Bonchev–Trinajstić information content (AvgIpc) is 2.38. The van der Waals surface area contributed by atoms with Crippen LogP contribution in [-0.2, 0) is 5.54 Å². The number of methoxy groups -OCH3 is 1. The molecule has 1 unspecified atom stereocenters. The Morgan fingerprint density at radius 1 is 1.21 bits per heavy atom. The molecule has 0 fully saturated rings. The zero-order valence-electron chi connectivity index (χ0n) is 10.8. The van der Waals surface area contributed by atoms with Crippen LogP contribution in [0.2, 0.25) is 5.02 Å². The monoisotopic (exact) mass is 279 g/mol. The Morgan fingerprint density at radius 3 is 2.53 bits per heavy atom. The van der Waals surface area contributed by atoms with E-state index in [0.29, 0.717) is 10.6 Å². The summed E-state index contributed by atoms with van der Waals surface area (Å²) in [6.07, 6.45) is 0. The number of nitrogens with two attached hydrogens (primary N) is 1. The highest BCUT2D eigenvalue weighted by molar-refractivity contribution is 6.30. The number of ether oxygens (including phenoxy) is 1. The minimum atomic E-state index is -0.983. The molecule has 100 valence electrons. The zero-order chi connectivity index (χ0) is 14.0. The zero-order valence-corrected chi connectivity index (χ0v) is 11.5. The first-order chi connectivity index (χ1) is 8.96. The molecule has 0 aliphatic carbocycles. The van der Waals surface area contributed by atoms with Crippen LogP contribution in [0.1, 0.15) is 18.1 Å². The van der Waals surface area contributed by atoms with Crippen LogP contribution in [-0.4, -0.2) is 7.11 Å². The highest BCUT2D eigenvalue weighted by atomic mass is 35.5. The van der Waals surface area contributed by atoms with Crippen molar-refractivity contribution in [2.24, 2.45) is 5.73 Å². The van der Waals surface area contributed by atoms with Crippen LogP contribution in [0, 0.1) is 5.82 Å². The molecule has 2 aromatic carbocycles. The maximum Gasteiger partial charge on any atom is 0.170 e. The third-order valence-electron chi connectivity index (χ3n) is 3.17. The molecular formula is C15H15ClFNO. The van der Waals surface area contributed by atoms with Gasteiger partial charge < -0.3 is 10.5 Å². The fourth-order valence-electron chi connectivity index (χ4n) is 2.04. The molecule has 0 spiro atoms. The molecule has 0 heterocycles. The Bertz CT molecular complexity index is 598. The second kappa shape index (κ2) is 5.19. The largest absolute Gasteiger partial charge is 0.494 e. The van der Waals surface area contributed by atoms with E-state index in [4.69, 9.17) is 22.1 Å². The summed E-state index contributed by atoms with van der Waals surface area (Å²) >= 11 is 5.96. The lowest BCUT2D eigenvalue weighted by atomic mass is 9.85. The van der Waals surface area contributed by atoms with Crippen LogP contribution in [0.5, 0.6) is 5.75 Å². The summed E-state index contributed by atoms with van der Waals surface area (Å²) in [4.78, 5) is 0. The summed E-state index contributed by atoms with van der Waals surface area (Å²) in [7, 11) is 1.43. The topological polar surface area (TPSA) is 35.2 Å². The Labute approximate surface area is 117 Å². The van der Waals surface area contributed by atoms with Gasteiger partial charge in [0.1, 0.15) is 0 Å². The van der Waals surface area contributed by atoms with Gasteiger partial charge in [-0.05, 0) is 30.7 Å². The molecule has 1 atom stereocenters. The van der Waals surface area contributed by atoms with Crippen molar-refractivity contribution in [1.82, 2.24) is 0 Å². The third-order valence-corrected chi connectivity index (χ3v) is 3.40. The van der Waals surface area contributed by atoms with Crippen molar-refractivity contribution in [1.29, 1.82) is 0 Å². The van der Waals surface area contributed by atoms with E-state index in [0.717, 1.165) is 5.56 Å². The van der Waals surface area contributed by atoms with E-state index in [1.54, 1.807) is 43.3 Å². The van der Waals surface area contributed by atoms with Crippen LogP contribution in [0.25, 0.3) is 0 Å². The highest BCUT2D eigenvalue weighted by Gasteiger charge is 2.28. The first-order valence-electron chi connectivity index (χ1n) is 5.84. The molecule has 0 aliphatic heterocycles. The molecule has 2 N–H and O–H groups in total. The maximum absolute atomic E-state index is 14.3. The van der Waals surface area contributed by atoms with Gasteiger partial charge >= 0.3 is 0 Å². The van der Waals surface area contributed by atoms with Gasteiger partial charge in [0.05, 0.1) is 12.6 Å². The lowest BCUT2D eigenvalue weighted by Gasteiger charge is -2.27. The first kappa shape index (κ1) is 13.8. The fourth-order valence-corrected chi connectivity index (χ4v) is 2.23. The number of hydrogen-bond acceptors (Lipinski definition) is 2. The molecule has 0 radical (unpaired) electrons. The Morgan fingerprint density at radius 2 is 1.89 bits per heavy atom. The van der Waals surface area contributed by atoms with Crippen molar-refractivity contribution in [3.8, 4) is 5.75 Å². The molecule has 2 rings (SSSR count). The molecule has 2 aromatic rings. The van der Waals surface area contributed by atoms with Crippen molar-refractivity contribution in [2.45, 2.75) is 12.5 Å². The van der Waals surface area contributed by atoms with Gasteiger partial charge in [-0.3, -0.25) is 0 Å². The maximum atomic E-state index is 14.3. The van der Waals surface area contributed by atoms with Crippen LogP contribution in [0.15, 0.2) is 42.5 Å². The predicted molar refractivity (Wildman–Crippen MR) is 75.0 cm³/mol. The fraction of sp³-hybridized carbons (Fsp3) is 0.200. The standard InChI is InChI=1S/C15H15ClFNO/c1-15(18,10-5-3-6-11(16)9-10)12-7-4-8-13(19-2)14(12)17/h3-9H,18H2,1-2H3. The molecule has 0 amide bonds. The Hall–Kier alpha value is -1.58. The lowest BCUT2D eigenvalue weighted by Crippen LogP contribution is -2.35. The number of halogens is 2. The first-order valence-corrected chi connectivity index (χ1v) is 6.22. The summed E-state index contributed by atoms with van der Waals surface area (Å²) in [6.45, 7) is 1.75. The lowest BCUT2D eigenvalue weighted by molar-refractivity contribution is 0.379. The molecule has 0 aromatic heterocycles. The molecule has 0 bridgehead atoms. The van der Waals surface area contributed by atoms with E-state index in [1.807, 2.05) is 6.07 Å². The molecule has 2 nitrogen and oxygen atoms in total. The van der Waals surface area contributed by atoms with Gasteiger partial charge in [-0.1, -0.05) is 35.9 Å². The van der Waals surface area contributed by atoms with Gasteiger partial charge in [0.15, 0.2) is 11.6 Å². The highest BCUT2D eigenvalue weighted by Crippen LogP contribution is 2.33. The van der Waals surface area contributed by atoms with Crippen molar-refractivity contribution in [3.05, 3.63) is 64.4 Å². The summed E-state index contributed by atoms with van der Waals surface area (Å²) in [5.74, 6) is -0.272. The van der Waals surface area contributed by atoms with E-state index in [2.05, 4.69) is 0 Å². The van der Waals surface area contributed by atoms with Gasteiger partial charge in [0.25, 0.3) is 0 Å². The second-order valence-electron chi connectivity index (χ2n) is 4.53. The van der Waals surface area contributed by atoms with Crippen LogP contribution in [0.4, 0.5) is 4.39 Å². The minimum absolute atomic E-state index is 0.177. The van der Waals surface area contributed by atoms with E-state index < -0.39 is 11.4 Å². The third kappa shape index (κ3) is 2.57. The average molecular weight is 280 g/mol.